The van der Waals surface area contributed by atoms with Crippen LogP contribution in [0.15, 0.2) is 34.8 Å². The topological polar surface area (TPSA) is 51.6 Å². The SMILES string of the molecule is Fc1ncncc1SSc1cncnc1F. The number of hydrogen-bond donors (Lipinski definition) is 0. The van der Waals surface area contributed by atoms with Crippen molar-refractivity contribution in [1.82, 2.24) is 19.9 Å². The first-order chi connectivity index (χ1) is 7.77. The molecule has 8 heteroatoms. The van der Waals surface area contributed by atoms with E-state index in [1.54, 1.807) is 0 Å². The average Bonchev–Trinajstić information content (AvgIpc) is 2.30. The lowest BCUT2D eigenvalue weighted by Gasteiger charge is -2.00. The summed E-state index contributed by atoms with van der Waals surface area (Å²) >= 11 is 0. The average molecular weight is 258 g/mol. The standard InChI is InChI=1S/C8H4F2N4S2/c9-7-5(1-11-3-13-7)15-16-6-2-12-4-14-8(6)10/h1-4H. The van der Waals surface area contributed by atoms with Gasteiger partial charge in [-0.1, -0.05) is 0 Å². The zero-order chi connectivity index (χ0) is 11.4. The fraction of sp³-hybridized carbons (Fsp3) is 0. The molecule has 16 heavy (non-hydrogen) atoms. The van der Waals surface area contributed by atoms with Crippen LogP contribution >= 0.6 is 21.6 Å². The summed E-state index contributed by atoms with van der Waals surface area (Å²) in [7, 11) is 2.02. The molecule has 2 aromatic rings. The predicted molar refractivity (Wildman–Crippen MR) is 55.7 cm³/mol. The smallest absolute Gasteiger partial charge is 0.230 e. The molecule has 0 fully saturated rings. The van der Waals surface area contributed by atoms with Crippen LogP contribution in [0.5, 0.6) is 0 Å². The van der Waals surface area contributed by atoms with Crippen molar-refractivity contribution in [3.63, 3.8) is 0 Å². The first kappa shape index (κ1) is 11.2. The van der Waals surface area contributed by atoms with Crippen molar-refractivity contribution in [2.24, 2.45) is 0 Å². The highest BCUT2D eigenvalue weighted by molar-refractivity contribution is 8.76. The molecule has 4 nitrogen and oxygen atoms in total. The van der Waals surface area contributed by atoms with E-state index in [1.165, 1.54) is 12.4 Å². The third kappa shape index (κ3) is 2.64. The van der Waals surface area contributed by atoms with Crippen molar-refractivity contribution in [3.05, 3.63) is 36.9 Å². The van der Waals surface area contributed by atoms with Gasteiger partial charge >= 0.3 is 0 Å². The van der Waals surface area contributed by atoms with Gasteiger partial charge in [-0.3, -0.25) is 0 Å². The third-order valence-corrected chi connectivity index (χ3v) is 3.80. The molecule has 2 heterocycles. The van der Waals surface area contributed by atoms with Crippen LogP contribution in [0.4, 0.5) is 8.78 Å². The second kappa shape index (κ2) is 5.17. The lowest BCUT2D eigenvalue weighted by Crippen LogP contribution is -1.88. The van der Waals surface area contributed by atoms with Crippen LogP contribution in [0.2, 0.25) is 0 Å². The van der Waals surface area contributed by atoms with Gasteiger partial charge in [0.2, 0.25) is 11.9 Å². The van der Waals surface area contributed by atoms with E-state index in [4.69, 9.17) is 0 Å². The number of rotatable bonds is 3. The summed E-state index contributed by atoms with van der Waals surface area (Å²) < 4.78 is 26.2. The maximum absolute atomic E-state index is 13.1. The molecular weight excluding hydrogens is 254 g/mol. The number of halogens is 2. The molecule has 2 rings (SSSR count). The Morgan fingerprint density at radius 2 is 1.25 bits per heavy atom. The van der Waals surface area contributed by atoms with E-state index in [9.17, 15) is 8.78 Å². The largest absolute Gasteiger partial charge is 0.243 e. The normalized spacial score (nSPS) is 10.4. The van der Waals surface area contributed by atoms with Gasteiger partial charge < -0.3 is 0 Å². The monoisotopic (exact) mass is 258 g/mol. The summed E-state index contributed by atoms with van der Waals surface area (Å²) in [6.45, 7) is 0. The summed E-state index contributed by atoms with van der Waals surface area (Å²) in [5.41, 5.74) is 0. The molecule has 2 aromatic heterocycles. The van der Waals surface area contributed by atoms with Crippen LogP contribution in [0.25, 0.3) is 0 Å². The fourth-order valence-corrected chi connectivity index (χ4v) is 2.65. The van der Waals surface area contributed by atoms with Crippen molar-refractivity contribution < 1.29 is 8.78 Å². The second-order valence-corrected chi connectivity index (χ2v) is 4.74. The summed E-state index contributed by atoms with van der Waals surface area (Å²) in [5.74, 6) is -1.27. The van der Waals surface area contributed by atoms with Gasteiger partial charge in [0.15, 0.2) is 0 Å². The zero-order valence-electron chi connectivity index (χ0n) is 7.67. The highest BCUT2D eigenvalue weighted by Gasteiger charge is 2.08. The van der Waals surface area contributed by atoms with Gasteiger partial charge in [0, 0.05) is 12.4 Å². The lowest BCUT2D eigenvalue weighted by atomic mass is 10.7. The van der Waals surface area contributed by atoms with Gasteiger partial charge in [0.25, 0.3) is 0 Å². The Kier molecular flexibility index (Phi) is 3.62. The molecule has 0 bridgehead atoms. The Hall–Kier alpha value is -1.28. The van der Waals surface area contributed by atoms with E-state index in [2.05, 4.69) is 19.9 Å². The zero-order valence-corrected chi connectivity index (χ0v) is 9.30. The first-order valence-corrected chi connectivity index (χ1v) is 6.18. The van der Waals surface area contributed by atoms with E-state index in [-0.39, 0.29) is 9.79 Å². The van der Waals surface area contributed by atoms with E-state index < -0.39 is 11.9 Å². The lowest BCUT2D eigenvalue weighted by molar-refractivity contribution is 0.550. The van der Waals surface area contributed by atoms with Crippen molar-refractivity contribution in [1.29, 1.82) is 0 Å². The maximum atomic E-state index is 13.1. The van der Waals surface area contributed by atoms with Crippen molar-refractivity contribution >= 4 is 21.6 Å². The Balaban J connectivity index is 2.09. The molecule has 0 saturated carbocycles. The maximum Gasteiger partial charge on any atom is 0.230 e. The molecule has 0 atom stereocenters. The third-order valence-electron chi connectivity index (χ3n) is 1.49. The van der Waals surface area contributed by atoms with E-state index >= 15 is 0 Å². The molecule has 0 aromatic carbocycles. The van der Waals surface area contributed by atoms with Crippen LogP contribution in [-0.4, -0.2) is 19.9 Å². The van der Waals surface area contributed by atoms with Crippen molar-refractivity contribution in [2.75, 3.05) is 0 Å². The van der Waals surface area contributed by atoms with E-state index in [1.807, 2.05) is 0 Å². The molecule has 0 N–H and O–H groups in total. The molecule has 0 aliphatic carbocycles. The molecule has 0 aliphatic rings. The van der Waals surface area contributed by atoms with Crippen LogP contribution < -0.4 is 0 Å². The van der Waals surface area contributed by atoms with Crippen LogP contribution in [0.3, 0.4) is 0 Å². The molecule has 0 spiro atoms. The molecule has 0 unspecified atom stereocenters. The summed E-state index contributed by atoms with van der Waals surface area (Å²) in [4.78, 5) is 14.6. The van der Waals surface area contributed by atoms with Crippen LogP contribution in [-0.2, 0) is 0 Å². The number of nitrogens with zero attached hydrogens (tertiary/aromatic N) is 4. The summed E-state index contributed by atoms with van der Waals surface area (Å²) in [6.07, 6.45) is 4.86. The fourth-order valence-electron chi connectivity index (χ4n) is 0.805. The second-order valence-electron chi connectivity index (χ2n) is 2.52. The van der Waals surface area contributed by atoms with Crippen molar-refractivity contribution in [3.8, 4) is 0 Å². The van der Waals surface area contributed by atoms with Gasteiger partial charge in [-0.15, -0.1) is 0 Å². The minimum Gasteiger partial charge on any atom is -0.243 e. The van der Waals surface area contributed by atoms with Gasteiger partial charge in [0.05, 0.1) is 9.79 Å². The Bertz CT molecular complexity index is 451. The highest BCUT2D eigenvalue weighted by Crippen LogP contribution is 2.37. The van der Waals surface area contributed by atoms with Gasteiger partial charge in [-0.25, -0.2) is 19.9 Å². The first-order valence-electron chi connectivity index (χ1n) is 4.03. The quantitative estimate of drug-likeness (QED) is 0.622. The molecule has 0 amide bonds. The molecular formula is C8H4F2N4S2. The Labute approximate surface area is 97.3 Å². The summed E-state index contributed by atoms with van der Waals surface area (Å²) in [5, 5.41) is 0. The van der Waals surface area contributed by atoms with E-state index in [0.29, 0.717) is 0 Å². The highest BCUT2D eigenvalue weighted by atomic mass is 33.1. The van der Waals surface area contributed by atoms with Crippen molar-refractivity contribution in [2.45, 2.75) is 9.79 Å². The van der Waals surface area contributed by atoms with Crippen LogP contribution in [0, 0.1) is 11.9 Å². The number of hydrogen-bond acceptors (Lipinski definition) is 6. The minimum atomic E-state index is -0.634. The Morgan fingerprint density at radius 3 is 1.62 bits per heavy atom. The van der Waals surface area contributed by atoms with Crippen LogP contribution in [0.1, 0.15) is 0 Å². The van der Waals surface area contributed by atoms with E-state index in [0.717, 1.165) is 34.2 Å². The molecule has 0 radical (unpaired) electrons. The summed E-state index contributed by atoms with van der Waals surface area (Å²) in [6, 6.07) is 0. The Morgan fingerprint density at radius 1 is 0.812 bits per heavy atom. The molecule has 0 aliphatic heterocycles. The van der Waals surface area contributed by atoms with Gasteiger partial charge in [-0.05, 0) is 21.6 Å². The minimum absolute atomic E-state index is 0.232. The molecule has 0 saturated heterocycles. The number of aromatic nitrogens is 4. The van der Waals surface area contributed by atoms with Gasteiger partial charge in [0.1, 0.15) is 12.7 Å². The van der Waals surface area contributed by atoms with Gasteiger partial charge in [-0.2, -0.15) is 8.78 Å². The molecule has 82 valence electrons. The predicted octanol–water partition coefficient (Wildman–Crippen LogP) is 2.34.